The maximum absolute atomic E-state index is 13.3. The Morgan fingerprint density at radius 3 is 2.93 bits per heavy atom. The van der Waals surface area contributed by atoms with Crippen molar-refractivity contribution in [1.82, 2.24) is 0 Å². The number of nitrogens with one attached hydrogen (secondary N) is 1. The zero-order valence-electron chi connectivity index (χ0n) is 8.76. The molecule has 0 spiro atoms. The smallest absolute Gasteiger partial charge is 0.128 e. The van der Waals surface area contributed by atoms with Gasteiger partial charge in [-0.2, -0.15) is 0 Å². The van der Waals surface area contributed by atoms with Crippen LogP contribution < -0.4 is 10.2 Å². The number of rotatable bonds is 0. The monoisotopic (exact) mass is 194 g/mol. The lowest BCUT2D eigenvalue weighted by atomic mass is 10.1. The number of fused-ring (bicyclic) bond motifs is 1. The summed E-state index contributed by atoms with van der Waals surface area (Å²) in [6, 6.07) is 3.92. The van der Waals surface area contributed by atoms with Crippen molar-refractivity contribution in [2.75, 3.05) is 23.8 Å². The molecule has 2 nitrogen and oxygen atoms in total. The third kappa shape index (κ3) is 1.33. The second-order valence-electron chi connectivity index (χ2n) is 3.96. The fourth-order valence-electron chi connectivity index (χ4n) is 1.73. The predicted molar refractivity (Wildman–Crippen MR) is 57.5 cm³/mol. The molecule has 0 fully saturated rings. The Kier molecular flexibility index (Phi) is 2.10. The first-order chi connectivity index (χ1) is 6.59. The van der Waals surface area contributed by atoms with Crippen molar-refractivity contribution in [1.29, 1.82) is 0 Å². The molecule has 1 atom stereocenters. The summed E-state index contributed by atoms with van der Waals surface area (Å²) in [6.45, 7) is 4.81. The zero-order chi connectivity index (χ0) is 10.3. The minimum atomic E-state index is -0.140. The fourth-order valence-corrected chi connectivity index (χ4v) is 1.73. The van der Waals surface area contributed by atoms with Crippen LogP contribution in [0.3, 0.4) is 0 Å². The van der Waals surface area contributed by atoms with Gasteiger partial charge in [-0.1, -0.05) is 0 Å². The van der Waals surface area contributed by atoms with Crippen LogP contribution >= 0.6 is 0 Å². The first kappa shape index (κ1) is 9.31. The van der Waals surface area contributed by atoms with Gasteiger partial charge in [0.1, 0.15) is 5.82 Å². The molecular weight excluding hydrogens is 179 g/mol. The molecule has 2 rings (SSSR count). The van der Waals surface area contributed by atoms with Crippen LogP contribution in [0.2, 0.25) is 0 Å². The maximum atomic E-state index is 13.3. The number of nitrogens with zero attached hydrogens (tertiary/aromatic N) is 1. The highest BCUT2D eigenvalue weighted by atomic mass is 19.1. The molecular formula is C11H15FN2. The van der Waals surface area contributed by atoms with Gasteiger partial charge in [-0.25, -0.2) is 4.39 Å². The lowest BCUT2D eigenvalue weighted by molar-refractivity contribution is 0.615. The molecule has 14 heavy (non-hydrogen) atoms. The van der Waals surface area contributed by atoms with Crippen LogP contribution in [0.25, 0.3) is 0 Å². The van der Waals surface area contributed by atoms with Gasteiger partial charge in [0.25, 0.3) is 0 Å². The summed E-state index contributed by atoms with van der Waals surface area (Å²) in [6.07, 6.45) is 0. The topological polar surface area (TPSA) is 15.3 Å². The van der Waals surface area contributed by atoms with Gasteiger partial charge in [-0.05, 0) is 31.5 Å². The van der Waals surface area contributed by atoms with Crippen LogP contribution in [0.1, 0.15) is 12.5 Å². The number of hydrogen-bond donors (Lipinski definition) is 1. The van der Waals surface area contributed by atoms with E-state index in [1.165, 1.54) is 0 Å². The fraction of sp³-hybridized carbons (Fsp3) is 0.455. The number of halogens is 1. The molecule has 1 aliphatic heterocycles. The van der Waals surface area contributed by atoms with E-state index in [0.29, 0.717) is 11.6 Å². The molecule has 1 unspecified atom stereocenters. The quantitative estimate of drug-likeness (QED) is 0.682. The van der Waals surface area contributed by atoms with Crippen molar-refractivity contribution in [3.63, 3.8) is 0 Å². The Morgan fingerprint density at radius 2 is 2.21 bits per heavy atom. The third-order valence-corrected chi connectivity index (χ3v) is 2.91. The van der Waals surface area contributed by atoms with E-state index in [2.05, 4.69) is 17.1 Å². The number of benzene rings is 1. The van der Waals surface area contributed by atoms with Crippen molar-refractivity contribution in [2.24, 2.45) is 0 Å². The molecule has 1 N–H and O–H groups in total. The first-order valence-corrected chi connectivity index (χ1v) is 4.86. The number of anilines is 2. The Bertz CT molecular complexity index is 363. The van der Waals surface area contributed by atoms with Crippen molar-refractivity contribution in [3.05, 3.63) is 23.5 Å². The molecule has 0 amide bonds. The molecule has 1 aromatic rings. The lowest BCUT2D eigenvalue weighted by Crippen LogP contribution is -2.39. The molecule has 0 radical (unpaired) electrons. The van der Waals surface area contributed by atoms with E-state index in [9.17, 15) is 4.39 Å². The predicted octanol–water partition coefficient (Wildman–Crippen LogP) is 2.38. The summed E-state index contributed by atoms with van der Waals surface area (Å²) >= 11 is 0. The van der Waals surface area contributed by atoms with E-state index in [-0.39, 0.29) is 5.82 Å². The van der Waals surface area contributed by atoms with E-state index < -0.39 is 0 Å². The molecule has 0 saturated carbocycles. The summed E-state index contributed by atoms with van der Waals surface area (Å²) in [5, 5.41) is 3.23. The van der Waals surface area contributed by atoms with Crippen molar-refractivity contribution >= 4 is 11.4 Å². The average Bonchev–Trinajstić information content (AvgIpc) is 2.15. The van der Waals surface area contributed by atoms with E-state index in [1.54, 1.807) is 13.0 Å². The van der Waals surface area contributed by atoms with Gasteiger partial charge >= 0.3 is 0 Å². The van der Waals surface area contributed by atoms with Crippen LogP contribution in [0, 0.1) is 12.7 Å². The Hall–Kier alpha value is -1.25. The largest absolute Gasteiger partial charge is 0.381 e. The van der Waals surface area contributed by atoms with E-state index in [4.69, 9.17) is 0 Å². The van der Waals surface area contributed by atoms with E-state index >= 15 is 0 Å². The van der Waals surface area contributed by atoms with Crippen molar-refractivity contribution in [3.8, 4) is 0 Å². The highest BCUT2D eigenvalue weighted by molar-refractivity contribution is 5.73. The van der Waals surface area contributed by atoms with Crippen LogP contribution in [0.15, 0.2) is 12.1 Å². The minimum Gasteiger partial charge on any atom is -0.381 e. The van der Waals surface area contributed by atoms with Crippen molar-refractivity contribution in [2.45, 2.75) is 19.9 Å². The van der Waals surface area contributed by atoms with Gasteiger partial charge in [-0.3, -0.25) is 0 Å². The summed E-state index contributed by atoms with van der Waals surface area (Å²) in [5.41, 5.74) is 2.68. The molecule has 0 aromatic heterocycles. The molecule has 1 aromatic carbocycles. The molecule has 1 aliphatic rings. The maximum Gasteiger partial charge on any atom is 0.128 e. The Morgan fingerprint density at radius 1 is 1.50 bits per heavy atom. The minimum absolute atomic E-state index is 0.140. The van der Waals surface area contributed by atoms with E-state index in [0.717, 1.165) is 17.9 Å². The van der Waals surface area contributed by atoms with Crippen LogP contribution in [-0.2, 0) is 0 Å². The molecule has 1 heterocycles. The van der Waals surface area contributed by atoms with Gasteiger partial charge in [-0.15, -0.1) is 0 Å². The van der Waals surface area contributed by atoms with Gasteiger partial charge in [0.05, 0.1) is 11.4 Å². The Labute approximate surface area is 83.7 Å². The second kappa shape index (κ2) is 3.15. The SMILES string of the molecule is Cc1cc2c(cc1F)NCC(C)N2C. The standard InChI is InChI=1S/C11H15FN2/c1-7-4-11-10(5-9(7)12)13-6-8(2)14(11)3/h4-5,8,13H,6H2,1-3H3. The Balaban J connectivity index is 2.50. The van der Waals surface area contributed by atoms with Crippen LogP contribution in [0.5, 0.6) is 0 Å². The van der Waals surface area contributed by atoms with Crippen LogP contribution in [0.4, 0.5) is 15.8 Å². The van der Waals surface area contributed by atoms with Crippen LogP contribution in [-0.4, -0.2) is 19.6 Å². The molecule has 76 valence electrons. The number of hydrogen-bond acceptors (Lipinski definition) is 2. The molecule has 0 aliphatic carbocycles. The number of likely N-dealkylation sites (N-methyl/N-ethyl adjacent to an activating group) is 1. The summed E-state index contributed by atoms with van der Waals surface area (Å²) in [4.78, 5) is 2.18. The van der Waals surface area contributed by atoms with E-state index in [1.807, 2.05) is 13.1 Å². The summed E-state index contributed by atoms with van der Waals surface area (Å²) in [5.74, 6) is -0.140. The lowest BCUT2D eigenvalue weighted by Gasteiger charge is -2.34. The average molecular weight is 194 g/mol. The summed E-state index contributed by atoms with van der Waals surface area (Å²) in [7, 11) is 2.04. The zero-order valence-corrected chi connectivity index (χ0v) is 8.76. The van der Waals surface area contributed by atoms with Gasteiger partial charge in [0.15, 0.2) is 0 Å². The highest BCUT2D eigenvalue weighted by Gasteiger charge is 2.20. The van der Waals surface area contributed by atoms with Gasteiger partial charge < -0.3 is 10.2 Å². The normalized spacial score (nSPS) is 20.3. The van der Waals surface area contributed by atoms with Gasteiger partial charge in [0, 0.05) is 19.6 Å². The third-order valence-electron chi connectivity index (χ3n) is 2.91. The first-order valence-electron chi connectivity index (χ1n) is 4.86. The second-order valence-corrected chi connectivity index (χ2v) is 3.96. The molecule has 3 heteroatoms. The number of aryl methyl sites for hydroxylation is 1. The molecule has 0 bridgehead atoms. The van der Waals surface area contributed by atoms with Gasteiger partial charge in [0.2, 0.25) is 0 Å². The van der Waals surface area contributed by atoms with Crippen molar-refractivity contribution < 1.29 is 4.39 Å². The highest BCUT2D eigenvalue weighted by Crippen LogP contribution is 2.32. The summed E-state index contributed by atoms with van der Waals surface area (Å²) < 4.78 is 13.3. The molecule has 0 saturated heterocycles.